The van der Waals surface area contributed by atoms with Crippen molar-refractivity contribution in [2.75, 3.05) is 13.2 Å². The van der Waals surface area contributed by atoms with Crippen LogP contribution in [0.3, 0.4) is 0 Å². The van der Waals surface area contributed by atoms with Crippen LogP contribution in [0.15, 0.2) is 28.9 Å². The number of aryl methyl sites for hydroxylation is 1. The van der Waals surface area contributed by atoms with E-state index in [1.54, 1.807) is 6.26 Å². The number of rotatable bonds is 8. The Balaban J connectivity index is 1.92. The summed E-state index contributed by atoms with van der Waals surface area (Å²) in [7, 11) is 0. The van der Waals surface area contributed by atoms with E-state index in [-0.39, 0.29) is 12.5 Å². The molecule has 1 atom stereocenters. The van der Waals surface area contributed by atoms with E-state index in [4.69, 9.17) is 9.52 Å². The highest BCUT2D eigenvalue weighted by molar-refractivity contribution is 5.87. The number of aliphatic hydroxyl groups excluding tert-OH is 1. The summed E-state index contributed by atoms with van der Waals surface area (Å²) >= 11 is 0. The van der Waals surface area contributed by atoms with Crippen molar-refractivity contribution >= 4 is 16.9 Å². The Morgan fingerprint density at radius 1 is 1.35 bits per heavy atom. The summed E-state index contributed by atoms with van der Waals surface area (Å²) < 4.78 is 5.53. The standard InChI is InChI=1S/C19H27NO3/c1-13(2)8-15(6-7-21)11-20-19(22)10-16-12-23-18-9-14(3)4-5-17(16)18/h4-5,9,12-13,15,21H,6-8,10-11H2,1-3H3,(H,20,22). The third kappa shape index (κ3) is 5.10. The van der Waals surface area contributed by atoms with Crippen molar-refractivity contribution in [3.8, 4) is 0 Å². The van der Waals surface area contributed by atoms with E-state index in [2.05, 4.69) is 19.2 Å². The number of fused-ring (bicyclic) bond motifs is 1. The van der Waals surface area contributed by atoms with Crippen molar-refractivity contribution in [1.29, 1.82) is 0 Å². The lowest BCUT2D eigenvalue weighted by Crippen LogP contribution is -2.31. The molecule has 0 radical (unpaired) electrons. The molecule has 1 unspecified atom stereocenters. The average molecular weight is 317 g/mol. The van der Waals surface area contributed by atoms with Gasteiger partial charge in [0.05, 0.1) is 12.7 Å². The van der Waals surface area contributed by atoms with Crippen LogP contribution in [0, 0.1) is 18.8 Å². The molecule has 0 aliphatic heterocycles. The third-order valence-electron chi connectivity index (χ3n) is 4.09. The molecule has 1 heterocycles. The van der Waals surface area contributed by atoms with Gasteiger partial charge in [-0.2, -0.15) is 0 Å². The Morgan fingerprint density at radius 3 is 2.83 bits per heavy atom. The second-order valence-corrected chi connectivity index (χ2v) is 6.75. The SMILES string of the molecule is Cc1ccc2c(CC(=O)NCC(CCO)CC(C)C)coc2c1. The lowest BCUT2D eigenvalue weighted by atomic mass is 9.94. The summed E-state index contributed by atoms with van der Waals surface area (Å²) in [6.45, 7) is 7.12. The Hall–Kier alpha value is -1.81. The lowest BCUT2D eigenvalue weighted by molar-refractivity contribution is -0.120. The molecule has 126 valence electrons. The number of carbonyl (C=O) groups excluding carboxylic acids is 1. The number of hydrogen-bond acceptors (Lipinski definition) is 3. The monoisotopic (exact) mass is 317 g/mol. The number of hydrogen-bond donors (Lipinski definition) is 2. The van der Waals surface area contributed by atoms with E-state index >= 15 is 0 Å². The maximum absolute atomic E-state index is 12.2. The second-order valence-electron chi connectivity index (χ2n) is 6.75. The zero-order chi connectivity index (χ0) is 16.8. The number of aliphatic hydroxyl groups is 1. The van der Waals surface area contributed by atoms with Crippen molar-refractivity contribution in [2.24, 2.45) is 11.8 Å². The van der Waals surface area contributed by atoms with Gasteiger partial charge in [-0.25, -0.2) is 0 Å². The smallest absolute Gasteiger partial charge is 0.224 e. The summed E-state index contributed by atoms with van der Waals surface area (Å²) in [6.07, 6.45) is 3.73. The van der Waals surface area contributed by atoms with Crippen LogP contribution < -0.4 is 5.32 Å². The van der Waals surface area contributed by atoms with Crippen molar-refractivity contribution in [2.45, 2.75) is 40.0 Å². The van der Waals surface area contributed by atoms with Gasteiger partial charge in [0.25, 0.3) is 0 Å². The molecular formula is C19H27NO3. The molecule has 1 aromatic heterocycles. The Labute approximate surface area is 137 Å². The van der Waals surface area contributed by atoms with Crippen molar-refractivity contribution in [1.82, 2.24) is 5.32 Å². The molecule has 0 aliphatic carbocycles. The van der Waals surface area contributed by atoms with Gasteiger partial charge in [0, 0.05) is 24.1 Å². The molecule has 0 spiro atoms. The fourth-order valence-electron chi connectivity index (χ4n) is 2.97. The third-order valence-corrected chi connectivity index (χ3v) is 4.09. The fourth-order valence-corrected chi connectivity index (χ4v) is 2.97. The molecule has 0 saturated heterocycles. The molecule has 1 amide bonds. The average Bonchev–Trinajstić information content (AvgIpc) is 2.86. The zero-order valence-electron chi connectivity index (χ0n) is 14.3. The second kappa shape index (κ2) is 8.16. The van der Waals surface area contributed by atoms with Crippen LogP contribution in [-0.2, 0) is 11.2 Å². The van der Waals surface area contributed by atoms with Gasteiger partial charge >= 0.3 is 0 Å². The Kier molecular flexibility index (Phi) is 6.22. The van der Waals surface area contributed by atoms with E-state index in [0.29, 0.717) is 24.8 Å². The fraction of sp³-hybridized carbons (Fsp3) is 0.526. The molecule has 2 N–H and O–H groups in total. The first-order chi connectivity index (χ1) is 11.0. The molecule has 2 rings (SSSR count). The predicted molar refractivity (Wildman–Crippen MR) is 92.3 cm³/mol. The minimum atomic E-state index is -0.0000269. The highest BCUT2D eigenvalue weighted by atomic mass is 16.3. The highest BCUT2D eigenvalue weighted by Crippen LogP contribution is 2.22. The van der Waals surface area contributed by atoms with Crippen molar-refractivity contribution in [3.05, 3.63) is 35.6 Å². The summed E-state index contributed by atoms with van der Waals surface area (Å²) in [5.74, 6) is 0.886. The van der Waals surface area contributed by atoms with Gasteiger partial charge in [0.1, 0.15) is 5.58 Å². The number of furan rings is 1. The largest absolute Gasteiger partial charge is 0.464 e. The summed E-state index contributed by atoms with van der Waals surface area (Å²) in [5, 5.41) is 13.1. The molecule has 0 aliphatic rings. The highest BCUT2D eigenvalue weighted by Gasteiger charge is 2.14. The molecule has 0 bridgehead atoms. The Morgan fingerprint density at radius 2 is 2.13 bits per heavy atom. The van der Waals surface area contributed by atoms with E-state index in [1.165, 1.54) is 0 Å². The molecule has 4 heteroatoms. The quantitative estimate of drug-likeness (QED) is 0.784. The van der Waals surface area contributed by atoms with E-state index < -0.39 is 0 Å². The van der Waals surface area contributed by atoms with Crippen LogP contribution in [0.1, 0.15) is 37.8 Å². The lowest BCUT2D eigenvalue weighted by Gasteiger charge is -2.18. The van der Waals surface area contributed by atoms with Crippen LogP contribution in [0.25, 0.3) is 11.0 Å². The Bertz CT molecular complexity index is 645. The summed E-state index contributed by atoms with van der Waals surface area (Å²) in [6, 6.07) is 6.01. The normalized spacial score (nSPS) is 12.7. The molecule has 0 saturated carbocycles. The molecule has 0 fully saturated rings. The van der Waals surface area contributed by atoms with Gasteiger partial charge in [0.15, 0.2) is 0 Å². The number of nitrogens with one attached hydrogen (secondary N) is 1. The van der Waals surface area contributed by atoms with E-state index in [0.717, 1.165) is 34.9 Å². The van der Waals surface area contributed by atoms with Gasteiger partial charge in [-0.15, -0.1) is 0 Å². The number of carbonyl (C=O) groups is 1. The first kappa shape index (κ1) is 17.5. The first-order valence-corrected chi connectivity index (χ1v) is 8.34. The molecule has 2 aromatic rings. The molecule has 4 nitrogen and oxygen atoms in total. The summed E-state index contributed by atoms with van der Waals surface area (Å²) in [5.41, 5.74) is 2.88. The zero-order valence-corrected chi connectivity index (χ0v) is 14.3. The molecule has 1 aromatic carbocycles. The van der Waals surface area contributed by atoms with Gasteiger partial charge in [-0.3, -0.25) is 4.79 Å². The maximum Gasteiger partial charge on any atom is 0.224 e. The van der Waals surface area contributed by atoms with Crippen LogP contribution in [0.2, 0.25) is 0 Å². The maximum atomic E-state index is 12.2. The molecular weight excluding hydrogens is 290 g/mol. The van der Waals surface area contributed by atoms with Crippen molar-refractivity contribution < 1.29 is 14.3 Å². The van der Waals surface area contributed by atoms with Crippen LogP contribution in [0.5, 0.6) is 0 Å². The van der Waals surface area contributed by atoms with Gasteiger partial charge in [-0.1, -0.05) is 26.0 Å². The number of benzene rings is 1. The van der Waals surface area contributed by atoms with E-state index in [1.807, 2.05) is 25.1 Å². The summed E-state index contributed by atoms with van der Waals surface area (Å²) in [4.78, 5) is 12.2. The first-order valence-electron chi connectivity index (χ1n) is 8.34. The predicted octanol–water partition coefficient (Wildman–Crippen LogP) is 3.44. The van der Waals surface area contributed by atoms with Gasteiger partial charge in [-0.05, 0) is 43.2 Å². The van der Waals surface area contributed by atoms with Crippen LogP contribution >= 0.6 is 0 Å². The minimum absolute atomic E-state index is 0.0000269. The van der Waals surface area contributed by atoms with Crippen LogP contribution in [0.4, 0.5) is 0 Å². The van der Waals surface area contributed by atoms with E-state index in [9.17, 15) is 4.79 Å². The minimum Gasteiger partial charge on any atom is -0.464 e. The van der Waals surface area contributed by atoms with Gasteiger partial charge < -0.3 is 14.8 Å². The topological polar surface area (TPSA) is 62.5 Å². The van der Waals surface area contributed by atoms with Gasteiger partial charge in [0.2, 0.25) is 5.91 Å². The molecule has 23 heavy (non-hydrogen) atoms. The number of amides is 1. The van der Waals surface area contributed by atoms with Crippen LogP contribution in [-0.4, -0.2) is 24.2 Å². The van der Waals surface area contributed by atoms with Crippen molar-refractivity contribution in [3.63, 3.8) is 0 Å².